The summed E-state index contributed by atoms with van der Waals surface area (Å²) in [6.45, 7) is 10.8. The van der Waals surface area contributed by atoms with Gasteiger partial charge >= 0.3 is 6.18 Å². The lowest BCUT2D eigenvalue weighted by atomic mass is 10.1. The highest BCUT2D eigenvalue weighted by molar-refractivity contribution is 7.17. The first-order valence-corrected chi connectivity index (χ1v) is 12.6. The van der Waals surface area contributed by atoms with Gasteiger partial charge in [-0.05, 0) is 60.5 Å². The lowest BCUT2D eigenvalue weighted by molar-refractivity contribution is -0.137. The molecule has 1 aliphatic heterocycles. The van der Waals surface area contributed by atoms with E-state index in [0.29, 0.717) is 17.9 Å². The molecular weight excluding hydrogens is 495 g/mol. The summed E-state index contributed by atoms with van der Waals surface area (Å²) in [6.07, 6.45) is -3.00. The van der Waals surface area contributed by atoms with E-state index in [1.165, 1.54) is 6.92 Å². The molecular formula is C24H32F3N5O3S. The number of nitrogens with zero attached hydrogens (tertiary/aromatic N) is 3. The molecule has 1 saturated heterocycles. The monoisotopic (exact) mass is 527 g/mol. The Morgan fingerprint density at radius 3 is 2.44 bits per heavy atom. The van der Waals surface area contributed by atoms with Crippen molar-refractivity contribution < 1.29 is 27.9 Å². The van der Waals surface area contributed by atoms with E-state index in [0.717, 1.165) is 25.1 Å². The maximum atomic E-state index is 14.2. The molecule has 3 atom stereocenters. The molecule has 2 aromatic heterocycles. The second-order valence-electron chi connectivity index (χ2n) is 10.2. The fourth-order valence-electron chi connectivity index (χ4n) is 3.83. The molecule has 12 heteroatoms. The number of alkyl halides is 3. The van der Waals surface area contributed by atoms with Gasteiger partial charge in [0.15, 0.2) is 5.01 Å². The highest BCUT2D eigenvalue weighted by Gasteiger charge is 2.38. The summed E-state index contributed by atoms with van der Waals surface area (Å²) < 4.78 is 42.6. The van der Waals surface area contributed by atoms with Crippen molar-refractivity contribution in [2.75, 3.05) is 11.9 Å². The first-order valence-electron chi connectivity index (χ1n) is 11.7. The Kier molecular flexibility index (Phi) is 7.99. The number of amides is 2. The number of aliphatic hydroxyl groups is 1. The van der Waals surface area contributed by atoms with Crippen LogP contribution in [0.5, 0.6) is 0 Å². The zero-order valence-electron chi connectivity index (χ0n) is 21.2. The highest BCUT2D eigenvalue weighted by atomic mass is 32.1. The van der Waals surface area contributed by atoms with Crippen molar-refractivity contribution in [3.05, 3.63) is 28.5 Å². The Hall–Kier alpha value is -2.73. The third-order valence-electron chi connectivity index (χ3n) is 5.88. The largest absolute Gasteiger partial charge is 0.417 e. The second kappa shape index (κ2) is 10.3. The van der Waals surface area contributed by atoms with E-state index >= 15 is 0 Å². The minimum absolute atomic E-state index is 0.0351. The molecule has 3 N–H and O–H groups in total. The van der Waals surface area contributed by atoms with Gasteiger partial charge in [0.25, 0.3) is 11.8 Å². The number of aliphatic hydroxyl groups excluding tert-OH is 1. The third kappa shape index (κ3) is 6.33. The fraction of sp³-hybridized carbons (Fsp3) is 0.583. The number of hydrogen-bond acceptors (Lipinski definition) is 7. The average Bonchev–Trinajstić information content (AvgIpc) is 3.38. The van der Waals surface area contributed by atoms with Crippen LogP contribution < -0.4 is 10.6 Å². The molecule has 0 saturated carbocycles. The predicted octanol–water partition coefficient (Wildman–Crippen LogP) is 4.56. The van der Waals surface area contributed by atoms with Gasteiger partial charge in [-0.1, -0.05) is 0 Å². The number of anilines is 1. The van der Waals surface area contributed by atoms with Crippen LogP contribution >= 0.6 is 11.3 Å². The van der Waals surface area contributed by atoms with Crippen molar-refractivity contribution in [1.29, 1.82) is 0 Å². The first-order chi connectivity index (χ1) is 16.6. The number of halogens is 3. The molecule has 2 aromatic rings. The van der Waals surface area contributed by atoms with Gasteiger partial charge in [0.2, 0.25) is 0 Å². The summed E-state index contributed by atoms with van der Waals surface area (Å²) in [7, 11) is 0. The van der Waals surface area contributed by atoms with Gasteiger partial charge in [-0.3, -0.25) is 9.59 Å². The second-order valence-corrected chi connectivity index (χ2v) is 11.2. The van der Waals surface area contributed by atoms with Crippen molar-refractivity contribution in [2.45, 2.75) is 84.3 Å². The summed E-state index contributed by atoms with van der Waals surface area (Å²) in [4.78, 5) is 36.1. The van der Waals surface area contributed by atoms with Crippen LogP contribution in [0.4, 0.5) is 19.0 Å². The summed E-state index contributed by atoms with van der Waals surface area (Å²) in [5.41, 5.74) is -2.05. The van der Waals surface area contributed by atoms with Crippen molar-refractivity contribution in [3.8, 4) is 10.4 Å². The number of pyridine rings is 1. The number of nitrogens with one attached hydrogen (secondary N) is 2. The molecule has 1 aliphatic rings. The van der Waals surface area contributed by atoms with Gasteiger partial charge in [-0.2, -0.15) is 13.2 Å². The van der Waals surface area contributed by atoms with E-state index in [1.807, 2.05) is 6.92 Å². The van der Waals surface area contributed by atoms with Crippen LogP contribution in [0, 0.1) is 0 Å². The highest BCUT2D eigenvalue weighted by Crippen LogP contribution is 2.42. The Morgan fingerprint density at radius 2 is 1.92 bits per heavy atom. The minimum Gasteiger partial charge on any atom is -0.391 e. The van der Waals surface area contributed by atoms with E-state index in [9.17, 15) is 27.9 Å². The van der Waals surface area contributed by atoms with Gasteiger partial charge in [-0.25, -0.2) is 9.97 Å². The quantitative estimate of drug-likeness (QED) is 0.509. The average molecular weight is 528 g/mol. The minimum atomic E-state index is -4.75. The van der Waals surface area contributed by atoms with Crippen LogP contribution in [0.1, 0.15) is 80.2 Å². The van der Waals surface area contributed by atoms with Crippen LogP contribution in [-0.4, -0.2) is 62.1 Å². The van der Waals surface area contributed by atoms with E-state index in [1.54, 1.807) is 32.6 Å². The molecule has 3 heterocycles. The van der Waals surface area contributed by atoms with Crippen molar-refractivity contribution in [2.24, 2.45) is 0 Å². The molecule has 1 fully saturated rings. The van der Waals surface area contributed by atoms with Crippen LogP contribution in [0.3, 0.4) is 0 Å². The fourth-order valence-corrected chi connectivity index (χ4v) is 4.81. The van der Waals surface area contributed by atoms with Gasteiger partial charge in [0.05, 0.1) is 22.6 Å². The van der Waals surface area contributed by atoms with Crippen molar-refractivity contribution in [1.82, 2.24) is 20.2 Å². The summed E-state index contributed by atoms with van der Waals surface area (Å²) >= 11 is 0.699. The molecule has 0 radical (unpaired) electrons. The molecule has 0 aliphatic carbocycles. The summed E-state index contributed by atoms with van der Waals surface area (Å²) in [6, 6.07) is 0.179. The van der Waals surface area contributed by atoms with Gasteiger partial charge in [0, 0.05) is 29.9 Å². The number of carbonyl (C=O) groups excluding carboxylic acids is 2. The van der Waals surface area contributed by atoms with E-state index in [2.05, 4.69) is 20.6 Å². The number of likely N-dealkylation sites (tertiary alicyclic amines) is 1. The van der Waals surface area contributed by atoms with E-state index < -0.39 is 41.2 Å². The number of rotatable bonds is 6. The van der Waals surface area contributed by atoms with Crippen LogP contribution in [0.2, 0.25) is 0 Å². The topological polar surface area (TPSA) is 107 Å². The molecule has 0 unspecified atom stereocenters. The van der Waals surface area contributed by atoms with Crippen molar-refractivity contribution in [3.63, 3.8) is 0 Å². The molecule has 36 heavy (non-hydrogen) atoms. The molecule has 3 rings (SSSR count). The Labute approximate surface area is 212 Å². The lowest BCUT2D eigenvalue weighted by Gasteiger charge is -2.23. The van der Waals surface area contributed by atoms with E-state index in [4.69, 9.17) is 0 Å². The normalized spacial score (nSPS) is 18.2. The zero-order chi connectivity index (χ0) is 27.0. The number of hydrogen-bond donors (Lipinski definition) is 3. The predicted molar refractivity (Wildman–Crippen MR) is 132 cm³/mol. The maximum Gasteiger partial charge on any atom is 0.417 e. The molecule has 0 spiro atoms. The first kappa shape index (κ1) is 27.9. The number of thiazole rings is 1. The Morgan fingerprint density at radius 1 is 1.25 bits per heavy atom. The van der Waals surface area contributed by atoms with Gasteiger partial charge < -0.3 is 20.6 Å². The van der Waals surface area contributed by atoms with Crippen LogP contribution in [0.15, 0.2) is 12.3 Å². The van der Waals surface area contributed by atoms with E-state index in [-0.39, 0.29) is 33.0 Å². The number of aromatic nitrogens is 2. The molecule has 198 valence electrons. The smallest absolute Gasteiger partial charge is 0.391 e. The lowest BCUT2D eigenvalue weighted by Crippen LogP contribution is -2.39. The van der Waals surface area contributed by atoms with Crippen molar-refractivity contribution >= 4 is 29.0 Å². The van der Waals surface area contributed by atoms with Gasteiger partial charge in [-0.15, -0.1) is 11.3 Å². The number of carbonyl (C=O) groups is 2. The zero-order valence-corrected chi connectivity index (χ0v) is 22.0. The third-order valence-corrected chi connectivity index (χ3v) is 6.96. The van der Waals surface area contributed by atoms with Crippen LogP contribution in [0.25, 0.3) is 10.4 Å². The Bertz CT molecular complexity index is 1130. The maximum absolute atomic E-state index is 14.2. The standard InChI is InChI=1S/C24H32F3N5O3S/c1-12-8-7-9-32(12)22(35)18-19(36-21(30-18)20(34)29-13(2)14(3)33)15-11-28-17(31-23(4,5)6)10-16(15)24(25,26)27/h10-14,33H,7-9H2,1-6H3,(H,28,31)(H,29,34)/t12-,13-,14+/m0/s1. The molecule has 2 amide bonds. The molecule has 0 bridgehead atoms. The summed E-state index contributed by atoms with van der Waals surface area (Å²) in [5.74, 6) is -1.18. The van der Waals surface area contributed by atoms with Crippen LogP contribution in [-0.2, 0) is 6.18 Å². The molecule has 0 aromatic carbocycles. The van der Waals surface area contributed by atoms with Gasteiger partial charge in [0.1, 0.15) is 11.5 Å². The summed E-state index contributed by atoms with van der Waals surface area (Å²) in [5, 5.41) is 15.0. The molecule has 8 nitrogen and oxygen atoms in total. The Balaban J connectivity index is 2.15. The SMILES string of the molecule is C[C@H](NC(=O)c1nc(C(=O)N2CCC[C@@H]2C)c(-c2cnc(NC(C)(C)C)cc2C(F)(F)F)s1)[C@@H](C)O.